The molecule has 2 N–H and O–H groups in total. The maximum atomic E-state index is 9.82. The van der Waals surface area contributed by atoms with Crippen molar-refractivity contribution < 1.29 is 18.4 Å². The Morgan fingerprint density at radius 3 is 2.50 bits per heavy atom. The summed E-state index contributed by atoms with van der Waals surface area (Å²) in [6, 6.07) is 0. The van der Waals surface area contributed by atoms with Crippen LogP contribution >= 0.6 is 0 Å². The molecule has 1 unspecified atom stereocenters. The lowest BCUT2D eigenvalue weighted by Crippen LogP contribution is -2.19. The second-order valence-electron chi connectivity index (χ2n) is 0.926. The van der Waals surface area contributed by atoms with Crippen molar-refractivity contribution >= 4 is 17.2 Å². The molecule has 0 aliphatic heterocycles. The molecule has 0 saturated carbocycles. The summed E-state index contributed by atoms with van der Waals surface area (Å²) in [4.78, 5) is 15.2. The monoisotopic (exact) mass is 139 g/mol. The zero-order valence-electron chi connectivity index (χ0n) is 4.08. The van der Waals surface area contributed by atoms with E-state index in [2.05, 4.69) is 4.84 Å². The van der Waals surface area contributed by atoms with E-state index in [0.29, 0.717) is 0 Å². The molecule has 0 bridgehead atoms. The molecule has 0 aromatic carbocycles. The fourth-order valence-electron chi connectivity index (χ4n) is 0.0943. The van der Waals surface area contributed by atoms with Crippen LogP contribution in [0.25, 0.3) is 0 Å². The van der Waals surface area contributed by atoms with Gasteiger partial charge in [-0.3, -0.25) is 9.35 Å². The average Bonchev–Trinajstić information content (AvgIpc) is 1.61. The molecule has 8 heavy (non-hydrogen) atoms. The maximum absolute atomic E-state index is 9.82. The van der Waals surface area contributed by atoms with Gasteiger partial charge in [0.1, 0.15) is 0 Å². The Bertz CT molecular complexity index is 98.6. The molecule has 0 aliphatic carbocycles. The summed E-state index contributed by atoms with van der Waals surface area (Å²) in [5.41, 5.74) is 0. The van der Waals surface area contributed by atoms with Crippen LogP contribution in [0.3, 0.4) is 0 Å². The van der Waals surface area contributed by atoms with Gasteiger partial charge >= 0.3 is 5.97 Å². The van der Waals surface area contributed by atoms with Gasteiger partial charge in [-0.05, 0) is 4.89 Å². The minimum Gasteiger partial charge on any atom is -0.356 e. The Labute approximate surface area is 48.4 Å². The molecular formula is C2H5NO4S. The van der Waals surface area contributed by atoms with Crippen LogP contribution < -0.4 is 4.89 Å². The molecule has 0 aliphatic rings. The highest BCUT2D eigenvalue weighted by atomic mass is 32.2. The van der Waals surface area contributed by atoms with E-state index in [0.717, 1.165) is 6.92 Å². The normalized spacial score (nSPS) is 12.8. The zero-order valence-corrected chi connectivity index (χ0v) is 4.90. The van der Waals surface area contributed by atoms with Crippen molar-refractivity contribution in [1.82, 2.24) is 4.89 Å². The van der Waals surface area contributed by atoms with Gasteiger partial charge < -0.3 is 4.84 Å². The highest BCUT2D eigenvalue weighted by Crippen LogP contribution is 1.68. The number of carbonyl (C=O) groups excluding carboxylic acids is 1. The third-order valence-corrected chi connectivity index (χ3v) is 0.483. The van der Waals surface area contributed by atoms with Gasteiger partial charge in [-0.15, -0.1) is 0 Å². The Balaban J connectivity index is 3.18. The predicted octanol–water partition coefficient (Wildman–Crippen LogP) is -0.809. The van der Waals surface area contributed by atoms with E-state index in [4.69, 9.17) is 4.55 Å². The minimum absolute atomic E-state index is 0.660. The molecule has 0 rings (SSSR count). The van der Waals surface area contributed by atoms with E-state index >= 15 is 0 Å². The van der Waals surface area contributed by atoms with Crippen molar-refractivity contribution in [2.45, 2.75) is 6.92 Å². The topological polar surface area (TPSA) is 75.6 Å². The molecule has 0 amide bonds. The fraction of sp³-hybridized carbons (Fsp3) is 0.500. The largest absolute Gasteiger partial charge is 0.356 e. The molecule has 1 atom stereocenters. The Morgan fingerprint density at radius 2 is 2.38 bits per heavy atom. The number of hydrogen-bond donors (Lipinski definition) is 2. The molecule has 0 aromatic rings. The van der Waals surface area contributed by atoms with Gasteiger partial charge in [-0.2, -0.15) is 0 Å². The van der Waals surface area contributed by atoms with Crippen molar-refractivity contribution in [2.24, 2.45) is 0 Å². The van der Waals surface area contributed by atoms with Crippen molar-refractivity contribution in [3.8, 4) is 0 Å². The fourth-order valence-corrected chi connectivity index (χ4v) is 0.283. The maximum Gasteiger partial charge on any atom is 0.323 e. The van der Waals surface area contributed by atoms with E-state index < -0.39 is 17.2 Å². The van der Waals surface area contributed by atoms with E-state index in [1.54, 1.807) is 0 Å². The third kappa shape index (κ3) is 5.54. The van der Waals surface area contributed by atoms with Gasteiger partial charge in [-0.25, -0.2) is 4.21 Å². The first kappa shape index (κ1) is 7.54. The van der Waals surface area contributed by atoms with Gasteiger partial charge in [0.05, 0.1) is 0 Å². The standard InChI is InChI=1S/C2H5NO4S/c1-2(4)7-3-8(5)6/h3H,1H3,(H,5,6). The number of nitrogens with one attached hydrogen (secondary N) is 1. The van der Waals surface area contributed by atoms with Crippen molar-refractivity contribution in [3.05, 3.63) is 0 Å². The lowest BCUT2D eigenvalue weighted by Gasteiger charge is -1.93. The van der Waals surface area contributed by atoms with E-state index in [1.165, 1.54) is 4.89 Å². The van der Waals surface area contributed by atoms with Crippen LogP contribution in [0, 0.1) is 0 Å². The van der Waals surface area contributed by atoms with Crippen LogP contribution in [0.1, 0.15) is 6.92 Å². The van der Waals surface area contributed by atoms with Crippen molar-refractivity contribution in [2.75, 3.05) is 0 Å². The molecule has 48 valence electrons. The molecule has 0 spiro atoms. The van der Waals surface area contributed by atoms with E-state index in [-0.39, 0.29) is 0 Å². The summed E-state index contributed by atoms with van der Waals surface area (Å²) in [5, 5.41) is 0. The summed E-state index contributed by atoms with van der Waals surface area (Å²) >= 11 is -2.28. The van der Waals surface area contributed by atoms with Gasteiger partial charge in [0.25, 0.3) is 11.3 Å². The van der Waals surface area contributed by atoms with Crippen LogP contribution in [0.5, 0.6) is 0 Å². The van der Waals surface area contributed by atoms with Crippen LogP contribution in [0.4, 0.5) is 0 Å². The van der Waals surface area contributed by atoms with Crippen molar-refractivity contribution in [1.29, 1.82) is 0 Å². The smallest absolute Gasteiger partial charge is 0.323 e. The van der Waals surface area contributed by atoms with Crippen LogP contribution in [-0.2, 0) is 20.9 Å². The van der Waals surface area contributed by atoms with Crippen LogP contribution in [0.15, 0.2) is 0 Å². The lowest BCUT2D eigenvalue weighted by molar-refractivity contribution is -0.144. The second-order valence-corrected chi connectivity index (χ2v) is 1.59. The first-order valence-electron chi connectivity index (χ1n) is 1.67. The quantitative estimate of drug-likeness (QED) is 0.387. The van der Waals surface area contributed by atoms with Crippen LogP contribution in [0.2, 0.25) is 0 Å². The zero-order chi connectivity index (χ0) is 6.57. The lowest BCUT2D eigenvalue weighted by atomic mass is 10.8. The minimum atomic E-state index is -2.28. The number of carbonyl (C=O) groups is 1. The molecular weight excluding hydrogens is 134 g/mol. The van der Waals surface area contributed by atoms with E-state index in [9.17, 15) is 9.00 Å². The van der Waals surface area contributed by atoms with Crippen LogP contribution in [-0.4, -0.2) is 14.7 Å². The summed E-state index contributed by atoms with van der Waals surface area (Å²) in [6.45, 7) is 1.11. The molecule has 0 heterocycles. The molecule has 0 aromatic heterocycles. The van der Waals surface area contributed by atoms with Gasteiger partial charge in [0, 0.05) is 6.92 Å². The summed E-state index contributed by atoms with van der Waals surface area (Å²) in [7, 11) is 0. The van der Waals surface area contributed by atoms with Gasteiger partial charge in [-0.1, -0.05) is 0 Å². The number of hydrogen-bond acceptors (Lipinski definition) is 3. The van der Waals surface area contributed by atoms with E-state index in [1.807, 2.05) is 0 Å². The first-order chi connectivity index (χ1) is 3.63. The second kappa shape index (κ2) is 3.53. The molecule has 0 saturated heterocycles. The average molecular weight is 139 g/mol. The highest BCUT2D eigenvalue weighted by molar-refractivity contribution is 7.76. The Kier molecular flexibility index (Phi) is 3.33. The Hall–Kier alpha value is -0.460. The third-order valence-electron chi connectivity index (χ3n) is 0.257. The number of rotatable bonds is 2. The molecule has 5 nitrogen and oxygen atoms in total. The highest BCUT2D eigenvalue weighted by Gasteiger charge is 1.92. The summed E-state index contributed by atoms with van der Waals surface area (Å²) < 4.78 is 17.5. The molecule has 0 fully saturated rings. The van der Waals surface area contributed by atoms with Gasteiger partial charge in [0.15, 0.2) is 0 Å². The SMILES string of the molecule is CC(=O)ONS(=O)O. The summed E-state index contributed by atoms with van der Waals surface area (Å²) in [5.74, 6) is -0.660. The molecule has 0 radical (unpaired) electrons. The Morgan fingerprint density at radius 1 is 1.88 bits per heavy atom. The van der Waals surface area contributed by atoms with Crippen molar-refractivity contribution in [3.63, 3.8) is 0 Å². The predicted molar refractivity (Wildman–Crippen MR) is 25.7 cm³/mol. The summed E-state index contributed by atoms with van der Waals surface area (Å²) in [6.07, 6.45) is 0. The molecule has 6 heteroatoms. The first-order valence-corrected chi connectivity index (χ1v) is 2.77. The van der Waals surface area contributed by atoms with Gasteiger partial charge in [0.2, 0.25) is 0 Å².